The average molecular weight is 302 g/mol. The van der Waals surface area contributed by atoms with Crippen molar-refractivity contribution < 1.29 is 27.1 Å². The average Bonchev–Trinajstić information content (AvgIpc) is 2.45. The van der Waals surface area contributed by atoms with Gasteiger partial charge < -0.3 is 4.74 Å². The van der Waals surface area contributed by atoms with Crippen LogP contribution in [0, 0.1) is 0 Å². The smallest absolute Gasteiger partial charge is 0.373 e. The zero-order valence-electron chi connectivity index (χ0n) is 10.7. The van der Waals surface area contributed by atoms with Crippen LogP contribution in [0.4, 0.5) is 4.79 Å². The lowest BCUT2D eigenvalue weighted by molar-refractivity contribution is -0.579. The zero-order valence-corrected chi connectivity index (χ0v) is 11.5. The van der Waals surface area contributed by atoms with E-state index in [1.165, 1.54) is 10.8 Å². The highest BCUT2D eigenvalue weighted by molar-refractivity contribution is 7.83. The van der Waals surface area contributed by atoms with Gasteiger partial charge in [0.25, 0.3) is 0 Å². The molecule has 2 heterocycles. The van der Waals surface area contributed by atoms with Gasteiger partial charge in [-0.25, -0.2) is 4.90 Å². The van der Waals surface area contributed by atoms with E-state index in [0.717, 1.165) is 0 Å². The van der Waals surface area contributed by atoms with Crippen LogP contribution >= 0.6 is 0 Å². The van der Waals surface area contributed by atoms with Crippen LogP contribution in [-0.4, -0.2) is 50.2 Å². The third-order valence-electron chi connectivity index (χ3n) is 2.82. The van der Waals surface area contributed by atoms with Crippen molar-refractivity contribution in [3.05, 3.63) is 30.1 Å². The fourth-order valence-corrected chi connectivity index (χ4v) is 2.19. The lowest BCUT2D eigenvalue weighted by Crippen LogP contribution is -2.55. The number of amides is 1. The van der Waals surface area contributed by atoms with E-state index in [4.69, 9.17) is 9.29 Å². The van der Waals surface area contributed by atoms with Gasteiger partial charge in [0.1, 0.15) is 19.3 Å². The number of nitrogens with zero attached hydrogens (tertiary/aromatic N) is 2. The number of hydrogen-bond acceptors (Lipinski definition) is 4. The Morgan fingerprint density at radius 1 is 1.45 bits per heavy atom. The highest BCUT2D eigenvalue weighted by Gasteiger charge is 2.26. The molecule has 1 amide bonds. The first kappa shape index (κ1) is 14.9. The van der Waals surface area contributed by atoms with Gasteiger partial charge in [-0.15, -0.1) is 0 Å². The molecular weight excluding hydrogens is 286 g/mol. The molecule has 1 saturated heterocycles. The Hall–Kier alpha value is -1.55. The van der Waals surface area contributed by atoms with Crippen LogP contribution in [0.5, 0.6) is 0 Å². The minimum atomic E-state index is -4.25. The summed E-state index contributed by atoms with van der Waals surface area (Å²) in [6.07, 6.45) is 3.12. The number of rotatable bonds is 3. The van der Waals surface area contributed by atoms with Crippen LogP contribution in [0.15, 0.2) is 24.5 Å². The molecule has 2 rings (SSSR count). The summed E-state index contributed by atoms with van der Waals surface area (Å²) in [6, 6.07) is 3.10. The quantitative estimate of drug-likeness (QED) is 0.560. The maximum absolute atomic E-state index is 12.2. The molecule has 9 heteroatoms. The van der Waals surface area contributed by atoms with Crippen LogP contribution in [0.25, 0.3) is 0 Å². The number of carbonyl (C=O) groups excluding carboxylic acids is 1. The van der Waals surface area contributed by atoms with Crippen LogP contribution in [0.3, 0.4) is 0 Å². The van der Waals surface area contributed by atoms with Crippen molar-refractivity contribution in [2.45, 2.75) is 6.54 Å². The Morgan fingerprint density at radius 3 is 2.80 bits per heavy atom. The minimum absolute atomic E-state index is 0.0872. The molecule has 0 saturated carbocycles. The first-order valence-electron chi connectivity index (χ1n) is 6.05. The van der Waals surface area contributed by atoms with Crippen LogP contribution in [0.2, 0.25) is 0 Å². The van der Waals surface area contributed by atoms with Crippen LogP contribution in [0.1, 0.15) is 5.56 Å². The van der Waals surface area contributed by atoms with Gasteiger partial charge in [-0.05, 0) is 6.07 Å². The summed E-state index contributed by atoms with van der Waals surface area (Å²) in [5, 5.41) is 0. The first-order chi connectivity index (χ1) is 9.46. The van der Waals surface area contributed by atoms with Crippen molar-refractivity contribution in [1.29, 1.82) is 0 Å². The summed E-state index contributed by atoms with van der Waals surface area (Å²) in [5.41, 5.74) is 0.562. The molecule has 8 nitrogen and oxygen atoms in total. The second-order valence-corrected chi connectivity index (χ2v) is 5.54. The van der Waals surface area contributed by atoms with Crippen molar-refractivity contribution >= 4 is 16.3 Å². The van der Waals surface area contributed by atoms with E-state index >= 15 is 0 Å². The molecule has 1 aromatic rings. The molecule has 0 radical (unpaired) electrons. The van der Waals surface area contributed by atoms with E-state index in [-0.39, 0.29) is 12.6 Å². The molecule has 2 N–H and O–H groups in total. The highest BCUT2D eigenvalue weighted by Crippen LogP contribution is 1.99. The monoisotopic (exact) mass is 302 g/mol. The number of morpholine rings is 1. The fraction of sp³-hybridized carbons (Fsp3) is 0.455. The van der Waals surface area contributed by atoms with Crippen molar-refractivity contribution in [2.75, 3.05) is 26.3 Å². The summed E-state index contributed by atoms with van der Waals surface area (Å²) < 4.78 is 38.4. The van der Waals surface area contributed by atoms with Gasteiger partial charge in [-0.2, -0.15) is 22.5 Å². The van der Waals surface area contributed by atoms with Gasteiger partial charge in [0.15, 0.2) is 0 Å². The Balaban J connectivity index is 2.06. The second kappa shape index (κ2) is 6.27. The molecule has 1 aliphatic heterocycles. The second-order valence-electron chi connectivity index (χ2n) is 4.30. The maximum Gasteiger partial charge on any atom is 0.498 e. The van der Waals surface area contributed by atoms with E-state index in [0.29, 0.717) is 31.9 Å². The summed E-state index contributed by atoms with van der Waals surface area (Å²) in [6.45, 7) is 1.99. The number of carbonyl (C=O) groups is 1. The topological polar surface area (TPSA) is 99.8 Å². The SMILES string of the molecule is O=C(N1CCOCC1)[n+]1cccc(CNS(=O)(=O)O)c1. The predicted octanol–water partition coefficient (Wildman–Crippen LogP) is -0.833. The normalized spacial score (nSPS) is 16.1. The summed E-state index contributed by atoms with van der Waals surface area (Å²) in [7, 11) is -4.25. The lowest BCUT2D eigenvalue weighted by atomic mass is 10.3. The maximum atomic E-state index is 12.2. The molecular formula is C11H16N3O5S+. The Bertz CT molecular complexity index is 583. The fourth-order valence-electron chi connectivity index (χ4n) is 1.84. The Kier molecular flexibility index (Phi) is 4.65. The minimum Gasteiger partial charge on any atom is -0.373 e. The molecule has 0 unspecified atom stereocenters. The summed E-state index contributed by atoms with van der Waals surface area (Å²) in [5.74, 6) is 0. The van der Waals surface area contributed by atoms with Crippen molar-refractivity contribution in [3.8, 4) is 0 Å². The lowest BCUT2D eigenvalue weighted by Gasteiger charge is -2.19. The summed E-state index contributed by atoms with van der Waals surface area (Å²) >= 11 is 0. The van der Waals surface area contributed by atoms with Crippen LogP contribution in [-0.2, 0) is 21.6 Å². The van der Waals surface area contributed by atoms with E-state index < -0.39 is 10.3 Å². The van der Waals surface area contributed by atoms with Crippen molar-refractivity contribution in [2.24, 2.45) is 0 Å². The zero-order chi connectivity index (χ0) is 14.6. The molecule has 0 aromatic carbocycles. The molecule has 0 bridgehead atoms. The van der Waals surface area contributed by atoms with Crippen molar-refractivity contribution in [3.63, 3.8) is 0 Å². The molecule has 20 heavy (non-hydrogen) atoms. The third kappa shape index (κ3) is 4.23. The van der Waals surface area contributed by atoms with Gasteiger partial charge in [0.05, 0.1) is 19.4 Å². The standard InChI is InChI=1S/C11H15N3O5S/c15-11(13-4-6-19-7-5-13)14-3-1-2-10(9-14)8-12-20(16,17)18/h1-3,9,12H,4-8H2/p+1. The third-order valence-corrected chi connectivity index (χ3v) is 3.33. The van der Waals surface area contributed by atoms with Gasteiger partial charge in [-0.1, -0.05) is 6.07 Å². The molecule has 110 valence electrons. The molecule has 0 aliphatic carbocycles. The van der Waals surface area contributed by atoms with E-state index in [1.807, 2.05) is 4.72 Å². The van der Waals surface area contributed by atoms with Gasteiger partial charge in [0, 0.05) is 12.1 Å². The summed E-state index contributed by atoms with van der Waals surface area (Å²) in [4.78, 5) is 13.9. The Labute approximate surface area is 116 Å². The molecule has 1 fully saturated rings. The predicted molar refractivity (Wildman–Crippen MR) is 68.2 cm³/mol. The van der Waals surface area contributed by atoms with E-state index in [9.17, 15) is 13.2 Å². The number of aromatic nitrogens is 1. The van der Waals surface area contributed by atoms with Crippen molar-refractivity contribution in [1.82, 2.24) is 9.62 Å². The molecule has 0 spiro atoms. The van der Waals surface area contributed by atoms with Crippen LogP contribution < -0.4 is 9.29 Å². The molecule has 0 atom stereocenters. The Morgan fingerprint density at radius 2 is 2.15 bits per heavy atom. The number of pyridine rings is 1. The number of nitrogens with one attached hydrogen (secondary N) is 1. The highest BCUT2D eigenvalue weighted by atomic mass is 32.2. The van der Waals surface area contributed by atoms with Gasteiger partial charge >= 0.3 is 16.3 Å². The van der Waals surface area contributed by atoms with E-state index in [1.54, 1.807) is 23.2 Å². The number of ether oxygens (including phenoxy) is 1. The molecule has 1 aliphatic rings. The molecule has 1 aromatic heterocycles. The first-order valence-corrected chi connectivity index (χ1v) is 7.49. The van der Waals surface area contributed by atoms with Gasteiger partial charge in [0.2, 0.25) is 0 Å². The van der Waals surface area contributed by atoms with Gasteiger partial charge in [-0.3, -0.25) is 4.55 Å². The number of hydrogen-bond donors (Lipinski definition) is 2. The largest absolute Gasteiger partial charge is 0.498 e. The van der Waals surface area contributed by atoms with E-state index in [2.05, 4.69) is 0 Å².